The van der Waals surface area contributed by atoms with Crippen LogP contribution >= 0.6 is 11.3 Å². The Hall–Kier alpha value is -3.15. The van der Waals surface area contributed by atoms with Crippen molar-refractivity contribution in [2.75, 3.05) is 11.9 Å². The molecule has 2 N–H and O–H groups in total. The van der Waals surface area contributed by atoms with Crippen LogP contribution in [0.15, 0.2) is 12.4 Å². The van der Waals surface area contributed by atoms with Crippen molar-refractivity contribution in [1.29, 1.82) is 0 Å². The number of halogens is 2. The molecule has 7 rings (SSSR count). The predicted octanol–water partition coefficient (Wildman–Crippen LogP) is 4.54. The molecule has 0 saturated heterocycles. The third kappa shape index (κ3) is 4.66. The number of nitrogens with one attached hydrogen (secondary N) is 2. The van der Waals surface area contributed by atoms with Crippen molar-refractivity contribution >= 4 is 34.8 Å². The van der Waals surface area contributed by atoms with Gasteiger partial charge in [0.15, 0.2) is 0 Å². The summed E-state index contributed by atoms with van der Waals surface area (Å²) in [5, 5.41) is 18.4. The third-order valence-electron chi connectivity index (χ3n) is 8.92. The molecule has 3 aromatic heterocycles. The number of carbonyl (C=O) groups excluding carboxylic acids is 2. The van der Waals surface area contributed by atoms with Gasteiger partial charge in [0.25, 0.3) is 12.3 Å². The van der Waals surface area contributed by atoms with Gasteiger partial charge in [-0.2, -0.15) is 5.10 Å². The predicted molar refractivity (Wildman–Crippen MR) is 140 cm³/mol. The van der Waals surface area contributed by atoms with Crippen molar-refractivity contribution in [3.63, 3.8) is 0 Å². The lowest BCUT2D eigenvalue weighted by Gasteiger charge is -2.25. The first-order valence-corrected chi connectivity index (χ1v) is 14.6. The molecule has 0 unspecified atom stereocenters. The van der Waals surface area contributed by atoms with E-state index in [9.17, 15) is 18.4 Å². The fourth-order valence-electron chi connectivity index (χ4n) is 6.12. The summed E-state index contributed by atoms with van der Waals surface area (Å²) in [4.78, 5) is 28.7. The number of nitrogens with zero attached hydrogens (tertiary/aromatic N) is 5. The lowest BCUT2D eigenvalue weighted by molar-refractivity contribution is -0.119. The van der Waals surface area contributed by atoms with Gasteiger partial charge in [-0.3, -0.25) is 18.8 Å². The van der Waals surface area contributed by atoms with Crippen LogP contribution in [0.25, 0.3) is 0 Å². The van der Waals surface area contributed by atoms with Crippen LogP contribution < -0.4 is 10.6 Å². The first-order valence-electron chi connectivity index (χ1n) is 13.7. The van der Waals surface area contributed by atoms with E-state index >= 15 is 0 Å². The summed E-state index contributed by atoms with van der Waals surface area (Å²) in [6, 6.07) is 1.28. The summed E-state index contributed by atoms with van der Waals surface area (Å²) in [7, 11) is 1.59. The maximum atomic E-state index is 13.5. The average Bonchev–Trinajstić information content (AvgIpc) is 3.87. The van der Waals surface area contributed by atoms with Crippen molar-refractivity contribution in [1.82, 2.24) is 29.9 Å². The minimum atomic E-state index is -2.67. The summed E-state index contributed by atoms with van der Waals surface area (Å²) in [5.74, 6) is 1.77. The number of Topliss-reactive ketones (excluding diaryl/α,β-unsaturated/α-hetero) is 1. The summed E-state index contributed by atoms with van der Waals surface area (Å²) in [6.45, 7) is 0.677. The Bertz CT molecular complexity index is 1450. The number of fused-ring (bicyclic) bond motifs is 1. The number of hydrogen-bond acceptors (Lipinski definition) is 7. The fourth-order valence-corrected chi connectivity index (χ4v) is 7.48. The van der Waals surface area contributed by atoms with Gasteiger partial charge in [-0.25, -0.2) is 8.78 Å². The zero-order chi connectivity index (χ0) is 26.9. The third-order valence-corrected chi connectivity index (χ3v) is 10.2. The number of aromatic nitrogens is 5. The topological polar surface area (TPSA) is 107 Å². The minimum absolute atomic E-state index is 0.0240. The van der Waals surface area contributed by atoms with Crippen LogP contribution in [0, 0.1) is 17.3 Å². The highest BCUT2D eigenvalue weighted by molar-refractivity contribution is 7.12. The Morgan fingerprint density at radius 2 is 2.08 bits per heavy atom. The Balaban J connectivity index is 1.14. The van der Waals surface area contributed by atoms with Crippen LogP contribution in [0.2, 0.25) is 0 Å². The van der Waals surface area contributed by atoms with Crippen molar-refractivity contribution in [2.45, 2.75) is 70.3 Å². The van der Waals surface area contributed by atoms with E-state index in [1.54, 1.807) is 24.7 Å². The number of amides is 1. The molecule has 4 aliphatic rings. The van der Waals surface area contributed by atoms with Gasteiger partial charge < -0.3 is 10.6 Å². The van der Waals surface area contributed by atoms with Gasteiger partial charge in [-0.1, -0.05) is 0 Å². The molecule has 0 aromatic carbocycles. The molecule has 3 saturated carbocycles. The molecule has 12 heteroatoms. The fraction of sp³-hybridized carbons (Fsp3) is 0.593. The summed E-state index contributed by atoms with van der Waals surface area (Å²) in [6.07, 6.45) is 7.17. The maximum absolute atomic E-state index is 13.5. The molecular weight excluding hydrogens is 524 g/mol. The highest BCUT2D eigenvalue weighted by Crippen LogP contribution is 2.71. The van der Waals surface area contributed by atoms with E-state index < -0.39 is 6.43 Å². The lowest BCUT2D eigenvalue weighted by Crippen LogP contribution is -2.28. The van der Waals surface area contributed by atoms with E-state index in [0.717, 1.165) is 42.5 Å². The van der Waals surface area contributed by atoms with Crippen molar-refractivity contribution in [2.24, 2.45) is 24.3 Å². The zero-order valence-electron chi connectivity index (χ0n) is 21.8. The van der Waals surface area contributed by atoms with Gasteiger partial charge in [0.2, 0.25) is 5.95 Å². The molecule has 9 nitrogen and oxygen atoms in total. The molecule has 39 heavy (non-hydrogen) atoms. The summed E-state index contributed by atoms with van der Waals surface area (Å²) < 4.78 is 29.5. The molecule has 0 bridgehead atoms. The van der Waals surface area contributed by atoms with Crippen LogP contribution in [0.4, 0.5) is 20.5 Å². The molecule has 206 valence electrons. The molecule has 4 aliphatic carbocycles. The van der Waals surface area contributed by atoms with E-state index in [0.29, 0.717) is 48.0 Å². The lowest BCUT2D eigenvalue weighted by atomic mass is 9.89. The number of alkyl halides is 2. The largest absolute Gasteiger partial charge is 0.352 e. The molecule has 3 heterocycles. The number of aryl methyl sites for hydroxylation is 2. The highest BCUT2D eigenvalue weighted by Gasteiger charge is 2.65. The normalized spacial score (nSPS) is 22.7. The highest BCUT2D eigenvalue weighted by atomic mass is 32.1. The SMILES string of the molecule is Cn1nc(C(F)F)cc1Nc1nncn1[C@H]1CCc2sc(CC(=O)[C@H]3CC34CC4)c(C(=O)NCC3CC3)c2C1. The number of hydrogen-bond donors (Lipinski definition) is 2. The van der Waals surface area contributed by atoms with E-state index in [1.807, 2.05) is 4.57 Å². The number of carbonyl (C=O) groups is 2. The molecule has 3 aromatic rings. The monoisotopic (exact) mass is 555 g/mol. The van der Waals surface area contributed by atoms with Crippen LogP contribution in [0.1, 0.15) is 82.4 Å². The van der Waals surface area contributed by atoms with Gasteiger partial charge in [0, 0.05) is 47.8 Å². The number of rotatable bonds is 10. The summed E-state index contributed by atoms with van der Waals surface area (Å²) >= 11 is 1.63. The number of thiophene rings is 1. The standard InChI is InChI=1S/C27H31F2N7O2S/c1-35-22(9-18(34-35)24(28)29)32-26-33-31-13-36(26)15-4-5-20-16(8-15)23(25(38)30-12-14-2-3-14)21(39-20)10-19(37)17-11-27(17)6-7-27/h9,13-15,17,24H,2-8,10-12H2,1H3,(H,30,38)(H,32,33)/t15-,17+/m0/s1. The van der Waals surface area contributed by atoms with Crippen LogP contribution in [0.5, 0.6) is 0 Å². The van der Waals surface area contributed by atoms with Gasteiger partial charge in [0.05, 0.1) is 5.56 Å². The second kappa shape index (κ2) is 9.21. The van der Waals surface area contributed by atoms with Crippen LogP contribution in [0.3, 0.4) is 0 Å². The zero-order valence-corrected chi connectivity index (χ0v) is 22.6. The van der Waals surface area contributed by atoms with Crippen LogP contribution in [-0.4, -0.2) is 42.8 Å². The van der Waals surface area contributed by atoms with E-state index in [4.69, 9.17) is 0 Å². The van der Waals surface area contributed by atoms with Gasteiger partial charge in [-0.15, -0.1) is 21.5 Å². The second-order valence-electron chi connectivity index (χ2n) is 11.7. The van der Waals surface area contributed by atoms with E-state index in [2.05, 4.69) is 25.9 Å². The Morgan fingerprint density at radius 3 is 2.77 bits per heavy atom. The quantitative estimate of drug-likeness (QED) is 0.381. The molecule has 0 aliphatic heterocycles. The second-order valence-corrected chi connectivity index (χ2v) is 12.9. The molecule has 0 radical (unpaired) electrons. The van der Waals surface area contributed by atoms with Gasteiger partial charge in [-0.05, 0) is 68.3 Å². The number of anilines is 2. The van der Waals surface area contributed by atoms with Crippen molar-refractivity contribution in [3.05, 3.63) is 39.0 Å². The minimum Gasteiger partial charge on any atom is -0.352 e. The van der Waals surface area contributed by atoms with Crippen LogP contribution in [-0.2, 0) is 31.1 Å². The average molecular weight is 556 g/mol. The molecule has 1 spiro atoms. The Morgan fingerprint density at radius 1 is 1.26 bits per heavy atom. The first kappa shape index (κ1) is 24.9. The summed E-state index contributed by atoms with van der Waals surface area (Å²) in [5.41, 5.74) is 1.70. The van der Waals surface area contributed by atoms with Gasteiger partial charge in [0.1, 0.15) is 23.6 Å². The maximum Gasteiger partial charge on any atom is 0.282 e. The molecule has 1 amide bonds. The molecule has 3 fully saturated rings. The van der Waals surface area contributed by atoms with E-state index in [-0.39, 0.29) is 29.3 Å². The Labute approximate surface area is 228 Å². The number of ketones is 1. The molecular formula is C27H31F2N7O2S. The Kier molecular flexibility index (Phi) is 5.87. The smallest absolute Gasteiger partial charge is 0.282 e. The van der Waals surface area contributed by atoms with Gasteiger partial charge >= 0.3 is 0 Å². The first-order chi connectivity index (χ1) is 18.8. The molecule has 2 atom stereocenters. The van der Waals surface area contributed by atoms with Crippen molar-refractivity contribution < 1.29 is 18.4 Å². The van der Waals surface area contributed by atoms with E-state index in [1.165, 1.54) is 28.5 Å². The van der Waals surface area contributed by atoms with Crippen molar-refractivity contribution in [3.8, 4) is 0 Å².